The predicted molar refractivity (Wildman–Crippen MR) is 112 cm³/mol. The van der Waals surface area contributed by atoms with Gasteiger partial charge in [-0.1, -0.05) is 0 Å². The monoisotopic (exact) mass is 401 g/mol. The van der Waals surface area contributed by atoms with Gasteiger partial charge in [0.05, 0.1) is 18.6 Å². The highest BCUT2D eigenvalue weighted by atomic mass is 32.2. The van der Waals surface area contributed by atoms with E-state index in [2.05, 4.69) is 15.0 Å². The van der Waals surface area contributed by atoms with Crippen molar-refractivity contribution in [3.8, 4) is 5.75 Å². The third kappa shape index (κ3) is 3.96. The van der Waals surface area contributed by atoms with Crippen LogP contribution in [-0.4, -0.2) is 32.2 Å². The number of rotatable bonds is 6. The van der Waals surface area contributed by atoms with E-state index in [0.717, 1.165) is 22.2 Å². The van der Waals surface area contributed by atoms with E-state index >= 15 is 0 Å². The summed E-state index contributed by atoms with van der Waals surface area (Å²) >= 11 is 0. The van der Waals surface area contributed by atoms with Gasteiger partial charge in [0.25, 0.3) is 5.91 Å². The summed E-state index contributed by atoms with van der Waals surface area (Å²) in [5.74, 6) is 0.0151. The Kier molecular flexibility index (Phi) is 5.33. The van der Waals surface area contributed by atoms with Gasteiger partial charge < -0.3 is 15.0 Å². The van der Waals surface area contributed by atoms with Crippen LogP contribution in [0.15, 0.2) is 36.4 Å². The van der Waals surface area contributed by atoms with Gasteiger partial charge in [-0.25, -0.2) is 8.42 Å². The van der Waals surface area contributed by atoms with Crippen LogP contribution in [0.2, 0.25) is 0 Å². The van der Waals surface area contributed by atoms with Crippen LogP contribution in [0, 0.1) is 13.8 Å². The van der Waals surface area contributed by atoms with E-state index in [1.54, 1.807) is 31.2 Å². The molecule has 0 spiro atoms. The van der Waals surface area contributed by atoms with Crippen LogP contribution in [0.5, 0.6) is 5.75 Å². The number of anilines is 2. The SMILES string of the molecule is CCS(=O)(=O)Nc1ccc(NC(=O)c2ccc3[nH]c(C)c(C)c3c2)cc1OC. The van der Waals surface area contributed by atoms with Crippen LogP contribution in [0.3, 0.4) is 0 Å². The van der Waals surface area contributed by atoms with E-state index in [4.69, 9.17) is 4.74 Å². The Bertz CT molecular complexity index is 1150. The summed E-state index contributed by atoms with van der Waals surface area (Å²) in [5.41, 5.74) is 4.52. The van der Waals surface area contributed by atoms with E-state index in [9.17, 15) is 13.2 Å². The number of sulfonamides is 1. The molecule has 8 heteroatoms. The molecule has 0 fully saturated rings. The van der Waals surface area contributed by atoms with Gasteiger partial charge in [-0.05, 0) is 56.7 Å². The second kappa shape index (κ2) is 7.55. The fourth-order valence-electron chi connectivity index (χ4n) is 2.90. The topological polar surface area (TPSA) is 100 Å². The van der Waals surface area contributed by atoms with Crippen LogP contribution in [0.25, 0.3) is 10.9 Å². The standard InChI is InChI=1S/C20H23N3O4S/c1-5-28(25,26)23-18-9-7-15(11-19(18)27-4)22-20(24)14-6-8-17-16(10-14)12(2)13(3)21-17/h6-11,21,23H,5H2,1-4H3,(H,22,24). The van der Waals surface area contributed by atoms with Crippen LogP contribution in [0.4, 0.5) is 11.4 Å². The lowest BCUT2D eigenvalue weighted by Crippen LogP contribution is -2.16. The number of nitrogens with one attached hydrogen (secondary N) is 3. The maximum Gasteiger partial charge on any atom is 0.255 e. The lowest BCUT2D eigenvalue weighted by molar-refractivity contribution is 0.102. The molecule has 0 saturated heterocycles. The van der Waals surface area contributed by atoms with Gasteiger partial charge in [0.1, 0.15) is 5.75 Å². The largest absolute Gasteiger partial charge is 0.494 e. The second-order valence-electron chi connectivity index (χ2n) is 6.51. The van der Waals surface area contributed by atoms with Crippen LogP contribution < -0.4 is 14.8 Å². The van der Waals surface area contributed by atoms with Crippen molar-refractivity contribution >= 4 is 38.2 Å². The maximum atomic E-state index is 12.7. The van der Waals surface area contributed by atoms with Crippen molar-refractivity contribution in [2.45, 2.75) is 20.8 Å². The number of ether oxygens (including phenoxy) is 1. The number of methoxy groups -OCH3 is 1. The van der Waals surface area contributed by atoms with Crippen LogP contribution >= 0.6 is 0 Å². The summed E-state index contributed by atoms with van der Waals surface area (Å²) in [6.45, 7) is 5.56. The van der Waals surface area contributed by atoms with Gasteiger partial charge in [0.15, 0.2) is 0 Å². The third-order valence-corrected chi connectivity index (χ3v) is 5.97. The highest BCUT2D eigenvalue weighted by Crippen LogP contribution is 2.29. The van der Waals surface area contributed by atoms with Crippen LogP contribution in [-0.2, 0) is 10.0 Å². The summed E-state index contributed by atoms with van der Waals surface area (Å²) < 4.78 is 31.3. The van der Waals surface area contributed by atoms with E-state index in [1.165, 1.54) is 7.11 Å². The summed E-state index contributed by atoms with van der Waals surface area (Å²) in [6, 6.07) is 10.3. The lowest BCUT2D eigenvalue weighted by atomic mass is 10.1. The van der Waals surface area contributed by atoms with E-state index in [0.29, 0.717) is 22.7 Å². The molecule has 2 aromatic carbocycles. The summed E-state index contributed by atoms with van der Waals surface area (Å²) in [4.78, 5) is 15.9. The van der Waals surface area contributed by atoms with Gasteiger partial charge in [-0.15, -0.1) is 0 Å². The quantitative estimate of drug-likeness (QED) is 0.585. The molecule has 0 aliphatic rings. The first-order valence-corrected chi connectivity index (χ1v) is 10.5. The molecule has 1 amide bonds. The van der Waals surface area contributed by atoms with Gasteiger partial charge in [0, 0.05) is 33.9 Å². The number of hydrogen-bond acceptors (Lipinski definition) is 4. The van der Waals surface area contributed by atoms with E-state index in [1.807, 2.05) is 26.0 Å². The maximum absolute atomic E-state index is 12.7. The molecule has 0 aliphatic carbocycles. The van der Waals surface area contributed by atoms with Crippen molar-refractivity contribution in [1.82, 2.24) is 4.98 Å². The zero-order valence-electron chi connectivity index (χ0n) is 16.2. The normalized spacial score (nSPS) is 11.4. The van der Waals surface area contributed by atoms with Crippen molar-refractivity contribution in [1.29, 1.82) is 0 Å². The van der Waals surface area contributed by atoms with Crippen LogP contribution in [0.1, 0.15) is 28.5 Å². The summed E-state index contributed by atoms with van der Waals surface area (Å²) in [5, 5.41) is 3.83. The fraction of sp³-hybridized carbons (Fsp3) is 0.250. The molecule has 7 nitrogen and oxygen atoms in total. The van der Waals surface area contributed by atoms with Gasteiger partial charge in [-0.2, -0.15) is 0 Å². The predicted octanol–water partition coefficient (Wildman–Crippen LogP) is 3.81. The molecule has 3 rings (SSSR count). The zero-order valence-corrected chi connectivity index (χ0v) is 17.0. The fourth-order valence-corrected chi connectivity index (χ4v) is 3.55. The number of carbonyl (C=O) groups excluding carboxylic acids is 1. The Labute approximate surface area is 164 Å². The van der Waals surface area contributed by atoms with Gasteiger partial charge in [-0.3, -0.25) is 9.52 Å². The molecule has 0 aliphatic heterocycles. The molecule has 0 saturated carbocycles. The van der Waals surface area contributed by atoms with Crippen molar-refractivity contribution in [3.05, 3.63) is 53.2 Å². The van der Waals surface area contributed by atoms with Crippen molar-refractivity contribution in [3.63, 3.8) is 0 Å². The third-order valence-electron chi connectivity index (χ3n) is 4.68. The number of fused-ring (bicyclic) bond motifs is 1. The summed E-state index contributed by atoms with van der Waals surface area (Å²) in [7, 11) is -1.99. The van der Waals surface area contributed by atoms with Crippen molar-refractivity contribution < 1.29 is 17.9 Å². The molecule has 28 heavy (non-hydrogen) atoms. The molecule has 0 radical (unpaired) electrons. The first-order chi connectivity index (χ1) is 13.2. The first-order valence-electron chi connectivity index (χ1n) is 8.83. The molecule has 3 N–H and O–H groups in total. The second-order valence-corrected chi connectivity index (χ2v) is 8.52. The molecule has 0 bridgehead atoms. The minimum atomic E-state index is -3.43. The average molecular weight is 401 g/mol. The average Bonchev–Trinajstić information content (AvgIpc) is 2.96. The zero-order chi connectivity index (χ0) is 20.5. The van der Waals surface area contributed by atoms with Crippen molar-refractivity contribution in [2.75, 3.05) is 22.9 Å². The Hall–Kier alpha value is -3.00. The van der Waals surface area contributed by atoms with E-state index < -0.39 is 10.0 Å². The van der Waals surface area contributed by atoms with E-state index in [-0.39, 0.29) is 11.7 Å². The number of benzene rings is 2. The first kappa shape index (κ1) is 19.8. The van der Waals surface area contributed by atoms with Crippen molar-refractivity contribution in [2.24, 2.45) is 0 Å². The highest BCUT2D eigenvalue weighted by molar-refractivity contribution is 7.92. The summed E-state index contributed by atoms with van der Waals surface area (Å²) in [6.07, 6.45) is 0. The Morgan fingerprint density at radius 2 is 1.89 bits per heavy atom. The number of H-pyrrole nitrogens is 1. The molecular formula is C20H23N3O4S. The number of carbonyl (C=O) groups is 1. The molecule has 1 aromatic heterocycles. The molecular weight excluding hydrogens is 378 g/mol. The Morgan fingerprint density at radius 1 is 1.14 bits per heavy atom. The van der Waals surface area contributed by atoms with Gasteiger partial charge in [0.2, 0.25) is 10.0 Å². The Balaban J connectivity index is 1.85. The minimum Gasteiger partial charge on any atom is -0.494 e. The molecule has 0 unspecified atom stereocenters. The number of hydrogen-bond donors (Lipinski definition) is 3. The molecule has 3 aromatic rings. The van der Waals surface area contributed by atoms with Gasteiger partial charge >= 0.3 is 0 Å². The number of aryl methyl sites for hydroxylation is 2. The number of amides is 1. The number of aromatic nitrogens is 1. The molecule has 0 atom stereocenters. The molecule has 148 valence electrons. The number of aromatic amines is 1. The smallest absolute Gasteiger partial charge is 0.255 e. The Morgan fingerprint density at radius 3 is 2.57 bits per heavy atom. The minimum absolute atomic E-state index is 0.0465. The highest BCUT2D eigenvalue weighted by Gasteiger charge is 2.14. The lowest BCUT2D eigenvalue weighted by Gasteiger charge is -2.13. The molecule has 1 heterocycles.